The first-order valence-electron chi connectivity index (χ1n) is 25.5. The highest BCUT2D eigenvalue weighted by Gasteiger charge is 2.39. The number of aromatic nitrogens is 1. The summed E-state index contributed by atoms with van der Waals surface area (Å²) in [5.74, 6) is 0. The number of benzene rings is 10. The molecule has 0 radical (unpaired) electrons. The van der Waals surface area contributed by atoms with Crippen LogP contribution in [0.15, 0.2) is 224 Å². The molecular formula is C69H55N3. The van der Waals surface area contributed by atoms with Crippen LogP contribution in [0.2, 0.25) is 0 Å². The van der Waals surface area contributed by atoms with Crippen LogP contribution in [0, 0.1) is 0 Å². The van der Waals surface area contributed by atoms with Crippen molar-refractivity contribution in [1.29, 1.82) is 0 Å². The fourth-order valence-electron chi connectivity index (χ4n) is 13.0. The van der Waals surface area contributed by atoms with Crippen molar-refractivity contribution in [3.8, 4) is 39.1 Å². The summed E-state index contributed by atoms with van der Waals surface area (Å²) in [4.78, 5) is 4.88. The molecule has 0 fully saturated rings. The summed E-state index contributed by atoms with van der Waals surface area (Å²) in [6, 6.07) is 84.0. The van der Waals surface area contributed by atoms with Crippen molar-refractivity contribution in [2.24, 2.45) is 0 Å². The molecule has 0 bridgehead atoms. The Labute approximate surface area is 422 Å². The van der Waals surface area contributed by atoms with Gasteiger partial charge in [-0.2, -0.15) is 0 Å². The van der Waals surface area contributed by atoms with Crippen molar-refractivity contribution < 1.29 is 0 Å². The number of nitrogens with zero attached hydrogens (tertiary/aromatic N) is 3. The number of hydrogen-bond acceptors (Lipinski definition) is 2. The second-order valence-electron chi connectivity index (χ2n) is 21.8. The minimum atomic E-state index is -0.240. The van der Waals surface area contributed by atoms with Crippen LogP contribution in [-0.2, 0) is 16.2 Å². The van der Waals surface area contributed by atoms with E-state index >= 15 is 0 Å². The molecule has 72 heavy (non-hydrogen) atoms. The fraction of sp³-hybridized carbons (Fsp3) is 0.130. The first-order valence-corrected chi connectivity index (χ1v) is 25.5. The molecule has 0 saturated heterocycles. The van der Waals surface area contributed by atoms with E-state index in [9.17, 15) is 0 Å². The van der Waals surface area contributed by atoms with Crippen molar-refractivity contribution in [2.75, 3.05) is 9.80 Å². The molecule has 1 aliphatic heterocycles. The van der Waals surface area contributed by atoms with Gasteiger partial charge in [-0.25, -0.2) is 0 Å². The molecule has 2 aliphatic carbocycles. The molecule has 0 unspecified atom stereocenters. The maximum atomic E-state index is 2.53. The van der Waals surface area contributed by atoms with Crippen molar-refractivity contribution in [1.82, 2.24) is 4.57 Å². The van der Waals surface area contributed by atoms with Gasteiger partial charge >= 0.3 is 0 Å². The molecule has 11 aromatic rings. The van der Waals surface area contributed by atoms with Gasteiger partial charge in [0, 0.05) is 61.1 Å². The zero-order valence-corrected chi connectivity index (χ0v) is 41.7. The number of rotatable bonds is 7. The second kappa shape index (κ2) is 15.3. The molecule has 0 atom stereocenters. The number of hydrogen-bond donors (Lipinski definition) is 0. The van der Waals surface area contributed by atoms with Crippen LogP contribution in [0.5, 0.6) is 0 Å². The first kappa shape index (κ1) is 42.5. The lowest BCUT2D eigenvalue weighted by atomic mass is 9.74. The third-order valence-corrected chi connectivity index (χ3v) is 16.7. The lowest BCUT2D eigenvalue weighted by Crippen LogP contribution is -2.26. The van der Waals surface area contributed by atoms with E-state index in [4.69, 9.17) is 0 Å². The molecule has 2 heterocycles. The van der Waals surface area contributed by atoms with E-state index < -0.39 is 0 Å². The van der Waals surface area contributed by atoms with Crippen LogP contribution in [0.4, 0.5) is 34.1 Å². The molecule has 3 heteroatoms. The number of fused-ring (bicyclic) bond motifs is 11. The smallest absolute Gasteiger partial charge is 0.0583 e. The summed E-state index contributed by atoms with van der Waals surface area (Å²) in [6.45, 7) is 14.3. The zero-order valence-electron chi connectivity index (χ0n) is 41.7. The van der Waals surface area contributed by atoms with E-state index in [-0.39, 0.29) is 16.2 Å². The molecule has 14 rings (SSSR count). The maximum absolute atomic E-state index is 2.53. The average Bonchev–Trinajstić information content (AvgIpc) is 3.96. The molecule has 0 amide bonds. The Hall–Kier alpha value is -8.40. The molecule has 3 nitrogen and oxygen atoms in total. The highest BCUT2D eigenvalue weighted by Crippen LogP contribution is 2.54. The minimum absolute atomic E-state index is 0.124. The van der Waals surface area contributed by atoms with Crippen molar-refractivity contribution >= 4 is 55.9 Å². The lowest BCUT2D eigenvalue weighted by Gasteiger charge is -2.36. The monoisotopic (exact) mass is 925 g/mol. The first-order chi connectivity index (χ1) is 35.0. The predicted octanol–water partition coefficient (Wildman–Crippen LogP) is 18.6. The lowest BCUT2D eigenvalue weighted by molar-refractivity contribution is 0.630. The third kappa shape index (κ3) is 6.04. The van der Waals surface area contributed by atoms with Gasteiger partial charge in [-0.05, 0) is 158 Å². The van der Waals surface area contributed by atoms with Gasteiger partial charge in [0.2, 0.25) is 0 Å². The number of para-hydroxylation sites is 3. The van der Waals surface area contributed by atoms with Crippen LogP contribution in [0.25, 0.3) is 60.9 Å². The summed E-state index contributed by atoms with van der Waals surface area (Å²) in [5.41, 5.74) is 25.9. The molecule has 1 aromatic heterocycles. The summed E-state index contributed by atoms with van der Waals surface area (Å²) in [6.07, 6.45) is 0. The summed E-state index contributed by atoms with van der Waals surface area (Å²) >= 11 is 0. The third-order valence-electron chi connectivity index (χ3n) is 16.7. The van der Waals surface area contributed by atoms with Crippen LogP contribution >= 0.6 is 0 Å². The van der Waals surface area contributed by atoms with Crippen LogP contribution in [0.3, 0.4) is 0 Å². The van der Waals surface area contributed by atoms with E-state index in [0.717, 1.165) is 34.1 Å². The molecule has 0 N–H and O–H groups in total. The molecule has 346 valence electrons. The molecule has 3 aliphatic rings. The van der Waals surface area contributed by atoms with Crippen molar-refractivity contribution in [3.63, 3.8) is 0 Å². The standard InChI is InChI=1S/C69H55N3/c1-67(2)58-25-15-13-23-52(58)54-36-34-49(41-61(54)67)71(50-35-37-55-53-24-14-16-26-59(53)68(3,4)62(55)42-50)48-32-29-44(30-33-48)45-31-38-64-56(39-45)57-40-51(70(46-19-9-7-10-20-46)47-21-11-8-12-22-47)43-63-66(57)72(64)65-28-18-17-27-60(65)69(63,5)6/h7-43H,1-6H3. The predicted molar refractivity (Wildman–Crippen MR) is 303 cm³/mol. The van der Waals surface area contributed by atoms with Crippen LogP contribution in [0.1, 0.15) is 74.9 Å². The highest BCUT2D eigenvalue weighted by atomic mass is 15.1. The van der Waals surface area contributed by atoms with E-state index in [1.165, 1.54) is 94.3 Å². The van der Waals surface area contributed by atoms with Gasteiger partial charge in [0.25, 0.3) is 0 Å². The summed E-state index contributed by atoms with van der Waals surface area (Å²) in [7, 11) is 0. The zero-order chi connectivity index (χ0) is 48.7. The van der Waals surface area contributed by atoms with Gasteiger partial charge in [-0.1, -0.05) is 175 Å². The average molecular weight is 926 g/mol. The Bertz CT molecular complexity index is 3860. The fourth-order valence-corrected chi connectivity index (χ4v) is 13.0. The van der Waals surface area contributed by atoms with Gasteiger partial charge in [0.05, 0.1) is 16.7 Å². The van der Waals surface area contributed by atoms with Gasteiger partial charge in [-0.3, -0.25) is 0 Å². The van der Waals surface area contributed by atoms with Gasteiger partial charge in [-0.15, -0.1) is 0 Å². The largest absolute Gasteiger partial charge is 0.310 e. The SMILES string of the molecule is CC1(C)c2ccccc2-c2ccc(N(c3ccc(-c4ccc5c(c4)c4cc(N(c6ccccc6)c6ccccc6)cc6c4n5-c4ccccc4C6(C)C)cc3)c3ccc4c(c3)C(C)(C)c3ccccc3-4)cc21. The van der Waals surface area contributed by atoms with Gasteiger partial charge in [0.15, 0.2) is 0 Å². The normalized spacial score (nSPS) is 14.9. The topological polar surface area (TPSA) is 11.4 Å². The molecule has 10 aromatic carbocycles. The van der Waals surface area contributed by atoms with Crippen molar-refractivity contribution in [2.45, 2.75) is 57.8 Å². The quantitative estimate of drug-likeness (QED) is 0.158. The van der Waals surface area contributed by atoms with E-state index in [2.05, 4.69) is 280 Å². The Morgan fingerprint density at radius 1 is 0.292 bits per heavy atom. The van der Waals surface area contributed by atoms with E-state index in [1.807, 2.05) is 0 Å². The van der Waals surface area contributed by atoms with Gasteiger partial charge in [0.1, 0.15) is 0 Å². The Morgan fingerprint density at radius 3 is 1.31 bits per heavy atom. The summed E-state index contributed by atoms with van der Waals surface area (Å²) < 4.78 is 2.53. The summed E-state index contributed by atoms with van der Waals surface area (Å²) in [5, 5.41) is 2.50. The molecular weight excluding hydrogens is 871 g/mol. The van der Waals surface area contributed by atoms with Gasteiger partial charge < -0.3 is 14.4 Å². The second-order valence-corrected chi connectivity index (χ2v) is 21.8. The van der Waals surface area contributed by atoms with E-state index in [0.29, 0.717) is 0 Å². The van der Waals surface area contributed by atoms with Crippen molar-refractivity contribution in [3.05, 3.63) is 258 Å². The minimum Gasteiger partial charge on any atom is -0.310 e. The molecule has 0 spiro atoms. The Balaban J connectivity index is 0.930. The van der Waals surface area contributed by atoms with E-state index in [1.54, 1.807) is 0 Å². The molecule has 0 saturated carbocycles. The maximum Gasteiger partial charge on any atom is 0.0583 e. The highest BCUT2D eigenvalue weighted by molar-refractivity contribution is 6.14. The van der Waals surface area contributed by atoms with Crippen LogP contribution in [-0.4, -0.2) is 4.57 Å². The Kier molecular flexibility index (Phi) is 9.03. The Morgan fingerprint density at radius 2 is 0.722 bits per heavy atom. The van der Waals surface area contributed by atoms with Crippen LogP contribution < -0.4 is 9.80 Å². The number of anilines is 6.